The molecule has 0 aliphatic rings. The first-order chi connectivity index (χ1) is 6.76. The Morgan fingerprint density at radius 2 is 2.43 bits per heavy atom. The van der Waals surface area contributed by atoms with Crippen molar-refractivity contribution in [1.82, 2.24) is 4.98 Å². The van der Waals surface area contributed by atoms with E-state index in [1.165, 1.54) is 0 Å². The number of aromatic nitrogens is 1. The Hall–Kier alpha value is -1.69. The summed E-state index contributed by atoms with van der Waals surface area (Å²) in [5.41, 5.74) is 5.55. The van der Waals surface area contributed by atoms with Gasteiger partial charge in [-0.25, -0.2) is 4.98 Å². The molecule has 1 rings (SSSR count). The molecule has 0 aliphatic carbocycles. The maximum absolute atomic E-state index is 5.55. The summed E-state index contributed by atoms with van der Waals surface area (Å²) in [7, 11) is 0. The van der Waals surface area contributed by atoms with Gasteiger partial charge in [0.05, 0.1) is 6.04 Å². The normalized spacial score (nSPS) is 11.7. The molecule has 3 heteroatoms. The minimum Gasteiger partial charge on any atom is -0.384 e. The van der Waals surface area contributed by atoms with Gasteiger partial charge in [0, 0.05) is 0 Å². The van der Waals surface area contributed by atoms with Crippen molar-refractivity contribution in [3.05, 3.63) is 18.2 Å². The monoisotopic (exact) mass is 189 g/mol. The molecule has 14 heavy (non-hydrogen) atoms. The predicted molar refractivity (Wildman–Crippen MR) is 59.8 cm³/mol. The molecule has 1 heterocycles. The van der Waals surface area contributed by atoms with E-state index in [2.05, 4.69) is 23.1 Å². The average molecular weight is 189 g/mol. The standard InChI is InChI=1S/C11H15N3/c1-3-6-9(4-2)13-11-8-5-7-10(12)14-11/h2,5,7-9H,3,6H2,1H3,(H3,12,13,14). The Kier molecular flexibility index (Phi) is 3.81. The van der Waals surface area contributed by atoms with Crippen LogP contribution in [0.15, 0.2) is 18.2 Å². The number of anilines is 2. The number of hydrogen-bond donors (Lipinski definition) is 2. The Labute approximate surface area is 84.7 Å². The molecule has 0 spiro atoms. The summed E-state index contributed by atoms with van der Waals surface area (Å²) in [5, 5.41) is 3.14. The molecule has 0 saturated carbocycles. The van der Waals surface area contributed by atoms with E-state index in [-0.39, 0.29) is 6.04 Å². The van der Waals surface area contributed by atoms with Crippen LogP contribution in [0.4, 0.5) is 11.6 Å². The molecule has 1 unspecified atom stereocenters. The van der Waals surface area contributed by atoms with Crippen LogP contribution < -0.4 is 11.1 Å². The van der Waals surface area contributed by atoms with E-state index >= 15 is 0 Å². The highest BCUT2D eigenvalue weighted by Crippen LogP contribution is 2.09. The van der Waals surface area contributed by atoms with Crippen molar-refractivity contribution in [3.63, 3.8) is 0 Å². The smallest absolute Gasteiger partial charge is 0.129 e. The summed E-state index contributed by atoms with van der Waals surface area (Å²) in [4.78, 5) is 4.11. The Balaban J connectivity index is 2.63. The SMILES string of the molecule is C#CC(CCC)Nc1cccc(N)n1. The van der Waals surface area contributed by atoms with E-state index < -0.39 is 0 Å². The fourth-order valence-electron chi connectivity index (χ4n) is 1.20. The summed E-state index contributed by atoms with van der Waals surface area (Å²) in [5.74, 6) is 3.92. The van der Waals surface area contributed by atoms with Crippen molar-refractivity contribution >= 4 is 11.6 Å². The largest absolute Gasteiger partial charge is 0.384 e. The molecule has 3 N–H and O–H groups in total. The number of hydrogen-bond acceptors (Lipinski definition) is 3. The van der Waals surface area contributed by atoms with Crippen molar-refractivity contribution in [1.29, 1.82) is 0 Å². The van der Waals surface area contributed by atoms with Crippen LogP contribution in [0.25, 0.3) is 0 Å². The fourth-order valence-corrected chi connectivity index (χ4v) is 1.20. The van der Waals surface area contributed by atoms with E-state index in [4.69, 9.17) is 12.2 Å². The van der Waals surface area contributed by atoms with Crippen LogP contribution in [0.2, 0.25) is 0 Å². The molecular formula is C11H15N3. The van der Waals surface area contributed by atoms with Crippen LogP contribution in [0.3, 0.4) is 0 Å². The molecule has 0 amide bonds. The van der Waals surface area contributed by atoms with E-state index in [1.807, 2.05) is 12.1 Å². The zero-order chi connectivity index (χ0) is 10.4. The number of pyridine rings is 1. The van der Waals surface area contributed by atoms with Crippen molar-refractivity contribution < 1.29 is 0 Å². The van der Waals surface area contributed by atoms with Crippen LogP contribution in [-0.4, -0.2) is 11.0 Å². The lowest BCUT2D eigenvalue weighted by Crippen LogP contribution is -2.17. The molecule has 3 nitrogen and oxygen atoms in total. The van der Waals surface area contributed by atoms with Gasteiger partial charge in [-0.3, -0.25) is 0 Å². The van der Waals surface area contributed by atoms with E-state index in [1.54, 1.807) is 6.07 Å². The Morgan fingerprint density at radius 1 is 1.64 bits per heavy atom. The van der Waals surface area contributed by atoms with Gasteiger partial charge in [0.25, 0.3) is 0 Å². The van der Waals surface area contributed by atoms with Crippen LogP contribution in [-0.2, 0) is 0 Å². The minimum absolute atomic E-state index is 0.0364. The fraction of sp³-hybridized carbons (Fsp3) is 0.364. The van der Waals surface area contributed by atoms with Gasteiger partial charge in [-0.05, 0) is 18.6 Å². The van der Waals surface area contributed by atoms with Crippen molar-refractivity contribution in [2.24, 2.45) is 0 Å². The molecule has 0 fully saturated rings. The van der Waals surface area contributed by atoms with Crippen LogP contribution >= 0.6 is 0 Å². The third-order valence-corrected chi connectivity index (χ3v) is 1.87. The van der Waals surface area contributed by atoms with Gasteiger partial charge < -0.3 is 11.1 Å². The Morgan fingerprint density at radius 3 is 3.00 bits per heavy atom. The second-order valence-electron chi connectivity index (χ2n) is 3.10. The second kappa shape index (κ2) is 5.13. The molecule has 1 atom stereocenters. The molecule has 1 aromatic rings. The number of rotatable bonds is 4. The summed E-state index contributed by atoms with van der Waals surface area (Å²) in [6, 6.07) is 5.49. The van der Waals surface area contributed by atoms with Crippen LogP contribution in [0, 0.1) is 12.3 Å². The first-order valence-electron chi connectivity index (χ1n) is 4.71. The molecule has 0 aromatic carbocycles. The molecule has 0 aliphatic heterocycles. The minimum atomic E-state index is 0.0364. The Bertz CT molecular complexity index is 328. The van der Waals surface area contributed by atoms with Crippen molar-refractivity contribution in [3.8, 4) is 12.3 Å². The number of nitrogens with one attached hydrogen (secondary N) is 1. The lowest BCUT2D eigenvalue weighted by molar-refractivity contribution is 0.753. The molecule has 0 saturated heterocycles. The summed E-state index contributed by atoms with van der Waals surface area (Å²) >= 11 is 0. The second-order valence-corrected chi connectivity index (χ2v) is 3.10. The van der Waals surface area contributed by atoms with Gasteiger partial charge in [0.2, 0.25) is 0 Å². The first kappa shape index (κ1) is 10.4. The van der Waals surface area contributed by atoms with E-state index in [0.29, 0.717) is 5.82 Å². The van der Waals surface area contributed by atoms with Crippen molar-refractivity contribution in [2.75, 3.05) is 11.1 Å². The molecular weight excluding hydrogens is 174 g/mol. The summed E-state index contributed by atoms with van der Waals surface area (Å²) in [6.07, 6.45) is 7.36. The van der Waals surface area contributed by atoms with Gasteiger partial charge in [-0.1, -0.05) is 25.3 Å². The van der Waals surface area contributed by atoms with Gasteiger partial charge in [0.1, 0.15) is 11.6 Å². The molecule has 74 valence electrons. The average Bonchev–Trinajstić information content (AvgIpc) is 2.17. The zero-order valence-electron chi connectivity index (χ0n) is 8.33. The highest BCUT2D eigenvalue weighted by atomic mass is 15.0. The van der Waals surface area contributed by atoms with Gasteiger partial charge in [-0.15, -0.1) is 6.42 Å². The number of nitrogens with two attached hydrogens (primary N) is 1. The van der Waals surface area contributed by atoms with Gasteiger partial charge >= 0.3 is 0 Å². The lowest BCUT2D eigenvalue weighted by Gasteiger charge is -2.12. The zero-order valence-corrected chi connectivity index (χ0v) is 8.33. The highest BCUT2D eigenvalue weighted by Gasteiger charge is 2.03. The molecule has 0 radical (unpaired) electrons. The predicted octanol–water partition coefficient (Wildman–Crippen LogP) is 1.88. The third kappa shape index (κ3) is 2.98. The van der Waals surface area contributed by atoms with E-state index in [0.717, 1.165) is 18.7 Å². The first-order valence-corrected chi connectivity index (χ1v) is 4.71. The molecule has 1 aromatic heterocycles. The van der Waals surface area contributed by atoms with Gasteiger partial charge in [-0.2, -0.15) is 0 Å². The maximum Gasteiger partial charge on any atom is 0.129 e. The van der Waals surface area contributed by atoms with E-state index in [9.17, 15) is 0 Å². The number of nitrogens with zero attached hydrogens (tertiary/aromatic N) is 1. The quantitative estimate of drug-likeness (QED) is 0.711. The number of nitrogen functional groups attached to an aromatic ring is 1. The summed E-state index contributed by atoms with van der Waals surface area (Å²) in [6.45, 7) is 2.10. The van der Waals surface area contributed by atoms with Crippen LogP contribution in [0.5, 0.6) is 0 Å². The van der Waals surface area contributed by atoms with Crippen molar-refractivity contribution in [2.45, 2.75) is 25.8 Å². The maximum atomic E-state index is 5.55. The lowest BCUT2D eigenvalue weighted by atomic mass is 10.2. The topological polar surface area (TPSA) is 50.9 Å². The third-order valence-electron chi connectivity index (χ3n) is 1.87. The number of terminal acetylenes is 1. The highest BCUT2D eigenvalue weighted by molar-refractivity contribution is 5.44. The van der Waals surface area contributed by atoms with Crippen LogP contribution in [0.1, 0.15) is 19.8 Å². The van der Waals surface area contributed by atoms with Gasteiger partial charge in [0.15, 0.2) is 0 Å². The molecule has 0 bridgehead atoms. The summed E-state index contributed by atoms with van der Waals surface area (Å²) < 4.78 is 0.